The van der Waals surface area contributed by atoms with Crippen molar-refractivity contribution in [3.05, 3.63) is 58.5 Å². The summed E-state index contributed by atoms with van der Waals surface area (Å²) in [5.74, 6) is 0.352. The van der Waals surface area contributed by atoms with Crippen molar-refractivity contribution in [2.75, 3.05) is 12.4 Å². The molecule has 1 heterocycles. The first kappa shape index (κ1) is 13.0. The van der Waals surface area contributed by atoms with Crippen molar-refractivity contribution in [1.29, 1.82) is 0 Å². The Hall–Kier alpha value is -3.02. The number of nitrogens with one attached hydrogen (secondary N) is 3. The van der Waals surface area contributed by atoms with Crippen LogP contribution in [0.2, 0.25) is 0 Å². The van der Waals surface area contributed by atoms with E-state index in [1.807, 2.05) is 0 Å². The highest BCUT2D eigenvalue weighted by Crippen LogP contribution is 2.19. The van der Waals surface area contributed by atoms with Crippen LogP contribution in [0.25, 0.3) is 11.0 Å². The van der Waals surface area contributed by atoms with Gasteiger partial charge in [0.15, 0.2) is 0 Å². The van der Waals surface area contributed by atoms with E-state index in [4.69, 9.17) is 4.74 Å². The SMILES string of the molecule is COc1cccc(NC(=O)c2cccc3[nH]c(=O)[nH]c23)c1. The number of fused-ring (bicyclic) bond motifs is 1. The molecule has 3 rings (SSSR count). The number of methoxy groups -OCH3 is 1. The van der Waals surface area contributed by atoms with Crippen LogP contribution in [0, 0.1) is 0 Å². The molecule has 2 aromatic carbocycles. The molecule has 6 heteroatoms. The third-order valence-corrected chi connectivity index (χ3v) is 3.12. The van der Waals surface area contributed by atoms with Crippen molar-refractivity contribution in [3.63, 3.8) is 0 Å². The maximum absolute atomic E-state index is 12.3. The Balaban J connectivity index is 1.95. The molecule has 0 aliphatic heterocycles. The van der Waals surface area contributed by atoms with Crippen LogP contribution in [0.1, 0.15) is 10.4 Å². The van der Waals surface area contributed by atoms with E-state index < -0.39 is 0 Å². The Bertz CT molecular complexity index is 864. The molecule has 3 N–H and O–H groups in total. The third kappa shape index (κ3) is 2.51. The first-order valence-electron chi connectivity index (χ1n) is 6.34. The van der Waals surface area contributed by atoms with Gasteiger partial charge >= 0.3 is 5.69 Å². The van der Waals surface area contributed by atoms with E-state index in [9.17, 15) is 9.59 Å². The fourth-order valence-corrected chi connectivity index (χ4v) is 2.15. The zero-order valence-corrected chi connectivity index (χ0v) is 11.3. The van der Waals surface area contributed by atoms with E-state index in [0.717, 1.165) is 0 Å². The minimum absolute atomic E-state index is 0.302. The number of H-pyrrole nitrogens is 2. The summed E-state index contributed by atoms with van der Waals surface area (Å²) in [5.41, 5.74) is 1.76. The van der Waals surface area contributed by atoms with Gasteiger partial charge in [-0.25, -0.2) is 4.79 Å². The van der Waals surface area contributed by atoms with E-state index in [2.05, 4.69) is 15.3 Å². The number of ether oxygens (including phenoxy) is 1. The largest absolute Gasteiger partial charge is 0.497 e. The second kappa shape index (κ2) is 5.16. The van der Waals surface area contributed by atoms with Gasteiger partial charge in [0, 0.05) is 11.8 Å². The van der Waals surface area contributed by atoms with E-state index in [1.54, 1.807) is 49.6 Å². The number of hydrogen-bond acceptors (Lipinski definition) is 3. The number of carbonyl (C=O) groups is 1. The van der Waals surface area contributed by atoms with Crippen LogP contribution in [0.3, 0.4) is 0 Å². The maximum Gasteiger partial charge on any atom is 0.323 e. The van der Waals surface area contributed by atoms with E-state index in [1.165, 1.54) is 0 Å². The molecule has 1 aromatic heterocycles. The molecular formula is C15H13N3O3. The predicted molar refractivity (Wildman–Crippen MR) is 79.9 cm³/mol. The summed E-state index contributed by atoms with van der Waals surface area (Å²) in [6.07, 6.45) is 0. The van der Waals surface area contributed by atoms with Crippen molar-refractivity contribution in [3.8, 4) is 5.75 Å². The molecule has 0 saturated carbocycles. The minimum atomic E-state index is -0.341. The highest BCUT2D eigenvalue weighted by Gasteiger charge is 2.12. The number of amides is 1. The van der Waals surface area contributed by atoms with Gasteiger partial charge in [-0.2, -0.15) is 0 Å². The van der Waals surface area contributed by atoms with Crippen LogP contribution < -0.4 is 15.7 Å². The predicted octanol–water partition coefficient (Wildman–Crippen LogP) is 2.12. The number of imidazole rings is 1. The summed E-state index contributed by atoms with van der Waals surface area (Å²) in [5, 5.41) is 2.78. The van der Waals surface area contributed by atoms with Crippen LogP contribution in [0.5, 0.6) is 5.75 Å². The molecule has 6 nitrogen and oxygen atoms in total. The maximum atomic E-state index is 12.3. The minimum Gasteiger partial charge on any atom is -0.497 e. The third-order valence-electron chi connectivity index (χ3n) is 3.12. The van der Waals surface area contributed by atoms with Gasteiger partial charge in [-0.15, -0.1) is 0 Å². The average molecular weight is 283 g/mol. The Labute approximate surface area is 119 Å². The monoisotopic (exact) mass is 283 g/mol. The lowest BCUT2D eigenvalue weighted by molar-refractivity contribution is 0.102. The van der Waals surface area contributed by atoms with Gasteiger partial charge in [0.05, 0.1) is 23.7 Å². The summed E-state index contributed by atoms with van der Waals surface area (Å²) in [4.78, 5) is 28.9. The van der Waals surface area contributed by atoms with Gasteiger partial charge in [-0.1, -0.05) is 12.1 Å². The lowest BCUT2D eigenvalue weighted by Gasteiger charge is -2.07. The Morgan fingerprint density at radius 2 is 1.95 bits per heavy atom. The Morgan fingerprint density at radius 1 is 1.14 bits per heavy atom. The van der Waals surface area contributed by atoms with Crippen molar-refractivity contribution in [2.24, 2.45) is 0 Å². The van der Waals surface area contributed by atoms with Gasteiger partial charge in [0.2, 0.25) is 0 Å². The number of benzene rings is 2. The van der Waals surface area contributed by atoms with Crippen LogP contribution in [0.15, 0.2) is 47.3 Å². The zero-order valence-electron chi connectivity index (χ0n) is 11.3. The quantitative estimate of drug-likeness (QED) is 0.688. The first-order valence-corrected chi connectivity index (χ1v) is 6.34. The lowest BCUT2D eigenvalue weighted by atomic mass is 10.1. The van der Waals surface area contributed by atoms with Crippen LogP contribution in [-0.2, 0) is 0 Å². The first-order chi connectivity index (χ1) is 10.2. The number of anilines is 1. The zero-order chi connectivity index (χ0) is 14.8. The topological polar surface area (TPSA) is 87.0 Å². The molecule has 0 spiro atoms. The molecule has 21 heavy (non-hydrogen) atoms. The molecule has 0 bridgehead atoms. The standard InChI is InChI=1S/C15H13N3O3/c1-21-10-5-2-4-9(8-10)16-14(19)11-6-3-7-12-13(11)18-15(20)17-12/h2-8H,1H3,(H,16,19)(H2,17,18,20). The average Bonchev–Trinajstić information content (AvgIpc) is 2.87. The summed E-state index contributed by atoms with van der Waals surface area (Å²) in [7, 11) is 1.56. The Morgan fingerprint density at radius 3 is 2.76 bits per heavy atom. The van der Waals surface area contributed by atoms with Gasteiger partial charge in [0.25, 0.3) is 5.91 Å². The molecule has 0 radical (unpaired) electrons. The number of aromatic nitrogens is 2. The molecule has 3 aromatic rings. The van der Waals surface area contributed by atoms with Crippen LogP contribution >= 0.6 is 0 Å². The second-order valence-electron chi connectivity index (χ2n) is 4.49. The van der Waals surface area contributed by atoms with E-state index in [-0.39, 0.29) is 11.6 Å². The fourth-order valence-electron chi connectivity index (χ4n) is 2.15. The smallest absolute Gasteiger partial charge is 0.323 e. The summed E-state index contributed by atoms with van der Waals surface area (Å²) < 4.78 is 5.11. The number of aromatic amines is 2. The van der Waals surface area contributed by atoms with Crippen molar-refractivity contribution in [1.82, 2.24) is 9.97 Å². The molecule has 0 atom stereocenters. The molecule has 0 unspecified atom stereocenters. The molecule has 1 amide bonds. The van der Waals surface area contributed by atoms with Crippen LogP contribution in [0.4, 0.5) is 5.69 Å². The number of hydrogen-bond donors (Lipinski definition) is 3. The van der Waals surface area contributed by atoms with Crippen molar-refractivity contribution in [2.45, 2.75) is 0 Å². The molecular weight excluding hydrogens is 270 g/mol. The second-order valence-corrected chi connectivity index (χ2v) is 4.49. The van der Waals surface area contributed by atoms with Crippen molar-refractivity contribution < 1.29 is 9.53 Å². The van der Waals surface area contributed by atoms with Gasteiger partial charge in [0.1, 0.15) is 5.75 Å². The van der Waals surface area contributed by atoms with E-state index >= 15 is 0 Å². The van der Waals surface area contributed by atoms with E-state index in [0.29, 0.717) is 28.0 Å². The summed E-state index contributed by atoms with van der Waals surface area (Å²) in [6.45, 7) is 0. The fraction of sp³-hybridized carbons (Fsp3) is 0.0667. The summed E-state index contributed by atoms with van der Waals surface area (Å²) >= 11 is 0. The Kier molecular flexibility index (Phi) is 3.19. The molecule has 106 valence electrons. The normalized spacial score (nSPS) is 10.5. The molecule has 0 saturated heterocycles. The lowest BCUT2D eigenvalue weighted by Crippen LogP contribution is -2.12. The molecule has 0 aliphatic rings. The van der Waals surface area contributed by atoms with Gasteiger partial charge < -0.3 is 20.0 Å². The summed E-state index contributed by atoms with van der Waals surface area (Å²) in [6, 6.07) is 12.2. The highest BCUT2D eigenvalue weighted by molar-refractivity contribution is 6.11. The molecule has 0 fully saturated rings. The number of carbonyl (C=O) groups excluding carboxylic acids is 1. The van der Waals surface area contributed by atoms with Crippen molar-refractivity contribution >= 4 is 22.6 Å². The number of rotatable bonds is 3. The van der Waals surface area contributed by atoms with Crippen LogP contribution in [-0.4, -0.2) is 23.0 Å². The molecule has 0 aliphatic carbocycles. The number of para-hydroxylation sites is 1. The highest BCUT2D eigenvalue weighted by atomic mass is 16.5. The van der Waals surface area contributed by atoms with Gasteiger partial charge in [-0.3, -0.25) is 4.79 Å². The van der Waals surface area contributed by atoms with Gasteiger partial charge in [-0.05, 0) is 24.3 Å².